The number of amides is 1. The summed E-state index contributed by atoms with van der Waals surface area (Å²) >= 11 is 1.85. The summed E-state index contributed by atoms with van der Waals surface area (Å²) in [5.74, 6) is 1.51. The summed E-state index contributed by atoms with van der Waals surface area (Å²) < 4.78 is 10.7. The average Bonchev–Trinajstić information content (AvgIpc) is 3.27. The molecular formula is C19H22N2O3S. The molecule has 4 rings (SSSR count). The zero-order valence-electron chi connectivity index (χ0n) is 14.3. The van der Waals surface area contributed by atoms with Gasteiger partial charge in [-0.1, -0.05) is 6.07 Å². The quantitative estimate of drug-likeness (QED) is 0.893. The number of hydrogen-bond acceptors (Lipinski definition) is 5. The molecule has 0 saturated heterocycles. The van der Waals surface area contributed by atoms with E-state index in [1.54, 1.807) is 0 Å². The van der Waals surface area contributed by atoms with Gasteiger partial charge in [-0.15, -0.1) is 11.3 Å². The lowest BCUT2D eigenvalue weighted by Gasteiger charge is -2.32. The first-order valence-corrected chi connectivity index (χ1v) is 9.51. The lowest BCUT2D eigenvalue weighted by atomic mass is 10.1. The SMILES string of the molecule is CC(CNC(=O)Cc1ccc2c(c1)OCO2)N1CCc2sccc2C1. The zero-order valence-corrected chi connectivity index (χ0v) is 15.1. The number of benzene rings is 1. The Morgan fingerprint density at radius 1 is 1.32 bits per heavy atom. The van der Waals surface area contributed by atoms with Crippen molar-refractivity contribution in [3.8, 4) is 11.5 Å². The minimum atomic E-state index is 0.0407. The summed E-state index contributed by atoms with van der Waals surface area (Å²) in [6.07, 6.45) is 1.47. The molecule has 1 amide bonds. The molecule has 0 radical (unpaired) electrons. The molecule has 0 bridgehead atoms. The van der Waals surface area contributed by atoms with Gasteiger partial charge >= 0.3 is 0 Å². The van der Waals surface area contributed by atoms with Gasteiger partial charge in [0.2, 0.25) is 12.7 Å². The lowest BCUT2D eigenvalue weighted by Crippen LogP contribution is -2.44. The van der Waals surface area contributed by atoms with Gasteiger partial charge in [-0.05, 0) is 48.1 Å². The van der Waals surface area contributed by atoms with Crippen molar-refractivity contribution < 1.29 is 14.3 Å². The van der Waals surface area contributed by atoms with Crippen molar-refractivity contribution in [2.75, 3.05) is 19.9 Å². The molecule has 5 nitrogen and oxygen atoms in total. The summed E-state index contributed by atoms with van der Waals surface area (Å²) in [7, 11) is 0. The second-order valence-corrected chi connectivity index (χ2v) is 7.61. The molecule has 0 saturated carbocycles. The molecule has 1 unspecified atom stereocenters. The van der Waals surface area contributed by atoms with Crippen molar-refractivity contribution in [1.29, 1.82) is 0 Å². The maximum Gasteiger partial charge on any atom is 0.231 e. The van der Waals surface area contributed by atoms with Crippen LogP contribution in [0.1, 0.15) is 22.9 Å². The maximum absolute atomic E-state index is 12.3. The maximum atomic E-state index is 12.3. The lowest BCUT2D eigenvalue weighted by molar-refractivity contribution is -0.120. The van der Waals surface area contributed by atoms with Crippen LogP contribution in [0.5, 0.6) is 11.5 Å². The molecule has 6 heteroatoms. The van der Waals surface area contributed by atoms with E-state index in [1.807, 2.05) is 29.5 Å². The number of carbonyl (C=O) groups excluding carboxylic acids is 1. The van der Waals surface area contributed by atoms with Gasteiger partial charge in [0.25, 0.3) is 0 Å². The number of fused-ring (bicyclic) bond motifs is 2. The summed E-state index contributed by atoms with van der Waals surface area (Å²) in [6, 6.07) is 8.21. The summed E-state index contributed by atoms with van der Waals surface area (Å²) in [6.45, 7) is 5.15. The highest BCUT2D eigenvalue weighted by Gasteiger charge is 2.22. The van der Waals surface area contributed by atoms with Crippen LogP contribution in [0, 0.1) is 0 Å². The van der Waals surface area contributed by atoms with Crippen molar-refractivity contribution in [3.05, 3.63) is 45.6 Å². The van der Waals surface area contributed by atoms with E-state index in [0.29, 0.717) is 19.0 Å². The Morgan fingerprint density at radius 3 is 3.12 bits per heavy atom. The second-order valence-electron chi connectivity index (χ2n) is 6.61. The molecule has 0 aliphatic carbocycles. The minimum Gasteiger partial charge on any atom is -0.454 e. The normalized spacial score (nSPS) is 17.2. The predicted octanol–water partition coefficient (Wildman–Crippen LogP) is 2.58. The Balaban J connectivity index is 1.27. The first-order chi connectivity index (χ1) is 12.2. The zero-order chi connectivity index (χ0) is 17.2. The van der Waals surface area contributed by atoms with Crippen molar-refractivity contribution in [2.45, 2.75) is 32.4 Å². The number of nitrogens with one attached hydrogen (secondary N) is 1. The van der Waals surface area contributed by atoms with Crippen LogP contribution in [0.4, 0.5) is 0 Å². The van der Waals surface area contributed by atoms with Crippen LogP contribution >= 0.6 is 11.3 Å². The molecule has 25 heavy (non-hydrogen) atoms. The first-order valence-electron chi connectivity index (χ1n) is 8.63. The highest BCUT2D eigenvalue weighted by molar-refractivity contribution is 7.10. The van der Waals surface area contributed by atoms with Gasteiger partial charge in [-0.2, -0.15) is 0 Å². The topological polar surface area (TPSA) is 50.8 Å². The number of ether oxygens (including phenoxy) is 2. The number of carbonyl (C=O) groups is 1. The largest absolute Gasteiger partial charge is 0.454 e. The van der Waals surface area contributed by atoms with E-state index in [2.05, 4.69) is 28.6 Å². The van der Waals surface area contributed by atoms with Gasteiger partial charge in [0.15, 0.2) is 11.5 Å². The number of thiophene rings is 1. The van der Waals surface area contributed by atoms with Crippen molar-refractivity contribution >= 4 is 17.2 Å². The van der Waals surface area contributed by atoms with Crippen LogP contribution in [0.3, 0.4) is 0 Å². The van der Waals surface area contributed by atoms with E-state index >= 15 is 0 Å². The van der Waals surface area contributed by atoms with Crippen molar-refractivity contribution in [2.24, 2.45) is 0 Å². The van der Waals surface area contributed by atoms with E-state index in [0.717, 1.165) is 36.6 Å². The molecule has 1 N–H and O–H groups in total. The fourth-order valence-corrected chi connectivity index (χ4v) is 4.23. The fourth-order valence-electron chi connectivity index (χ4n) is 3.34. The van der Waals surface area contributed by atoms with Gasteiger partial charge in [-0.25, -0.2) is 0 Å². The van der Waals surface area contributed by atoms with Gasteiger partial charge < -0.3 is 14.8 Å². The molecule has 0 spiro atoms. The number of rotatable bonds is 5. The van der Waals surface area contributed by atoms with E-state index < -0.39 is 0 Å². The van der Waals surface area contributed by atoms with Crippen LogP contribution < -0.4 is 14.8 Å². The molecule has 2 aromatic rings. The van der Waals surface area contributed by atoms with E-state index in [1.165, 1.54) is 10.4 Å². The molecule has 0 fully saturated rings. The highest BCUT2D eigenvalue weighted by atomic mass is 32.1. The van der Waals surface area contributed by atoms with Gasteiger partial charge in [-0.3, -0.25) is 9.69 Å². The molecule has 2 aliphatic rings. The van der Waals surface area contributed by atoms with E-state index in [9.17, 15) is 4.79 Å². The van der Waals surface area contributed by atoms with Crippen molar-refractivity contribution in [1.82, 2.24) is 10.2 Å². The second kappa shape index (κ2) is 7.06. The average molecular weight is 358 g/mol. The van der Waals surface area contributed by atoms with Crippen LogP contribution in [-0.2, 0) is 24.2 Å². The molecule has 2 aliphatic heterocycles. The van der Waals surface area contributed by atoms with Crippen LogP contribution in [0.15, 0.2) is 29.6 Å². The van der Waals surface area contributed by atoms with Crippen LogP contribution in [-0.4, -0.2) is 36.7 Å². The van der Waals surface area contributed by atoms with Crippen molar-refractivity contribution in [3.63, 3.8) is 0 Å². The fraction of sp³-hybridized carbons (Fsp3) is 0.421. The minimum absolute atomic E-state index is 0.0407. The Labute approximate surface area is 151 Å². The molecule has 3 heterocycles. The third-order valence-electron chi connectivity index (χ3n) is 4.86. The van der Waals surface area contributed by atoms with Crippen LogP contribution in [0.2, 0.25) is 0 Å². The Morgan fingerprint density at radius 2 is 2.20 bits per heavy atom. The summed E-state index contributed by atoms with van der Waals surface area (Å²) in [5, 5.41) is 5.24. The molecule has 132 valence electrons. The van der Waals surface area contributed by atoms with E-state index in [4.69, 9.17) is 9.47 Å². The van der Waals surface area contributed by atoms with Crippen LogP contribution in [0.25, 0.3) is 0 Å². The number of hydrogen-bond donors (Lipinski definition) is 1. The monoisotopic (exact) mass is 358 g/mol. The Bertz CT molecular complexity index is 774. The third kappa shape index (κ3) is 3.65. The van der Waals surface area contributed by atoms with Gasteiger partial charge in [0.05, 0.1) is 6.42 Å². The van der Waals surface area contributed by atoms with E-state index in [-0.39, 0.29) is 12.7 Å². The Kier molecular flexibility index (Phi) is 4.63. The molecule has 1 aromatic heterocycles. The predicted molar refractivity (Wildman–Crippen MR) is 97.2 cm³/mol. The van der Waals surface area contributed by atoms with Gasteiger partial charge in [0, 0.05) is 30.6 Å². The molecule has 1 aromatic carbocycles. The summed E-state index contributed by atoms with van der Waals surface area (Å²) in [5.41, 5.74) is 2.38. The molecule has 1 atom stereocenters. The molecular weight excluding hydrogens is 336 g/mol. The smallest absolute Gasteiger partial charge is 0.231 e. The number of nitrogens with zero attached hydrogens (tertiary/aromatic N) is 1. The third-order valence-corrected chi connectivity index (χ3v) is 5.88. The summed E-state index contributed by atoms with van der Waals surface area (Å²) in [4.78, 5) is 16.2. The van der Waals surface area contributed by atoms with Gasteiger partial charge in [0.1, 0.15) is 0 Å². The Hall–Kier alpha value is -2.05. The standard InChI is InChI=1S/C19H22N2O3S/c1-13(21-6-4-18-15(11-21)5-7-25-18)10-20-19(22)9-14-2-3-16-17(8-14)24-12-23-16/h2-3,5,7-8,13H,4,6,9-12H2,1H3,(H,20,22). The first kappa shape index (κ1) is 16.4. The highest BCUT2D eigenvalue weighted by Crippen LogP contribution is 2.32.